The SMILES string of the molecule is CC(C)(C)O[C-]=O.[C-]1=CC=CC1.[CH3-].[Cl-].[Cl-].[Cl-].[Ti+3]. The van der Waals surface area contributed by atoms with Gasteiger partial charge in [-0.1, -0.05) is 6.47 Å². The number of rotatable bonds is 1. The van der Waals surface area contributed by atoms with E-state index in [-0.39, 0.29) is 72.0 Å². The van der Waals surface area contributed by atoms with Crippen LogP contribution in [0.2, 0.25) is 0 Å². The molecule has 0 saturated carbocycles. The molecule has 1 rings (SSSR count). The summed E-state index contributed by atoms with van der Waals surface area (Å²) in [6, 6.07) is 0. The van der Waals surface area contributed by atoms with Crippen LogP contribution in [0.1, 0.15) is 27.2 Å². The molecule has 0 aromatic heterocycles. The smallest absolute Gasteiger partial charge is 1.00 e. The molecule has 0 aromatic carbocycles. The van der Waals surface area contributed by atoms with Crippen molar-refractivity contribution in [1.82, 2.24) is 0 Å². The van der Waals surface area contributed by atoms with Gasteiger partial charge in [-0.2, -0.15) is 6.08 Å². The summed E-state index contributed by atoms with van der Waals surface area (Å²) in [5.74, 6) is 0. The number of hydrogen-bond donors (Lipinski definition) is 0. The molecular weight excluding hydrogens is 318 g/mol. The van der Waals surface area contributed by atoms with Crippen LogP contribution in [0, 0.1) is 13.5 Å². The third-order valence-electron chi connectivity index (χ3n) is 0.934. The number of halogens is 3. The van der Waals surface area contributed by atoms with Crippen molar-refractivity contribution in [1.29, 1.82) is 0 Å². The Morgan fingerprint density at radius 2 is 1.71 bits per heavy atom. The summed E-state index contributed by atoms with van der Waals surface area (Å²) in [4.78, 5) is 9.47. The van der Waals surface area contributed by atoms with E-state index in [1.54, 1.807) is 20.8 Å². The van der Waals surface area contributed by atoms with Crippen LogP contribution < -0.4 is 37.2 Å². The summed E-state index contributed by atoms with van der Waals surface area (Å²) >= 11 is 0. The quantitative estimate of drug-likeness (QED) is 0.352. The van der Waals surface area contributed by atoms with Gasteiger partial charge in [-0.15, -0.1) is 6.42 Å². The third-order valence-corrected chi connectivity index (χ3v) is 0.934. The zero-order valence-electron chi connectivity index (χ0n) is 10.4. The molecule has 1 radical (unpaired) electrons. The Hall–Kier alpha value is 0.534. The zero-order chi connectivity index (χ0) is 9.45. The van der Waals surface area contributed by atoms with Gasteiger partial charge in [0.1, 0.15) is 0 Å². The maximum atomic E-state index is 9.47. The molecule has 0 heterocycles. The van der Waals surface area contributed by atoms with Crippen LogP contribution in [-0.2, 0) is 31.2 Å². The fourth-order valence-corrected chi connectivity index (χ4v) is 0.465. The van der Waals surface area contributed by atoms with Crippen molar-refractivity contribution in [2.75, 3.05) is 0 Å². The molecule has 0 saturated heterocycles. The Balaban J connectivity index is -0.0000000280. The van der Waals surface area contributed by atoms with Crippen LogP contribution in [0.15, 0.2) is 18.2 Å². The number of allylic oxidation sites excluding steroid dienone is 4. The van der Waals surface area contributed by atoms with E-state index in [2.05, 4.69) is 16.9 Å². The van der Waals surface area contributed by atoms with Gasteiger partial charge in [0.15, 0.2) is 0 Å². The molecule has 0 unspecified atom stereocenters. The third kappa shape index (κ3) is 38.4. The van der Waals surface area contributed by atoms with Crippen LogP contribution in [0.5, 0.6) is 0 Å². The molecule has 0 aromatic rings. The molecule has 101 valence electrons. The maximum absolute atomic E-state index is 9.47. The molecule has 0 N–H and O–H groups in total. The summed E-state index contributed by atoms with van der Waals surface area (Å²) in [7, 11) is 0. The summed E-state index contributed by atoms with van der Waals surface area (Å²) in [5, 5.41) is 0. The molecule has 0 atom stereocenters. The first-order chi connectivity index (χ1) is 5.56. The Bertz CT molecular complexity index is 180. The molecule has 1 aliphatic carbocycles. The first-order valence-corrected chi connectivity index (χ1v) is 3.83. The van der Waals surface area contributed by atoms with Crippen molar-refractivity contribution in [3.8, 4) is 0 Å². The average molecular weight is 335 g/mol. The number of carbonyl (C=O) groups excluding carboxylic acids is 1. The Kier molecular flexibility index (Phi) is 46.2. The van der Waals surface area contributed by atoms with E-state index in [1.807, 2.05) is 12.2 Å². The predicted octanol–water partition coefficient (Wildman–Crippen LogP) is -6.37. The standard InChI is InChI=1S/C5H9O2.C5H5.CH3.3ClH.Ti/c1-5(2,3)7-4-6;1-2-4-5-3-1;;;;;/h1-3H3;1-3H,4H2;1H3;3*1H;/q3*-1;;;;+3/p-3. The number of ether oxygens (including phenoxy) is 1. The molecule has 0 bridgehead atoms. The van der Waals surface area contributed by atoms with Gasteiger partial charge >= 0.3 is 21.7 Å². The molecule has 0 fully saturated rings. The fourth-order valence-electron chi connectivity index (χ4n) is 0.465. The molecule has 1 aliphatic rings. The van der Waals surface area contributed by atoms with E-state index < -0.39 is 0 Å². The molecule has 6 heteroatoms. The normalized spacial score (nSPS) is 9.59. The average Bonchev–Trinajstić information content (AvgIpc) is 2.38. The summed E-state index contributed by atoms with van der Waals surface area (Å²) in [6.07, 6.45) is 10.0. The molecule has 0 aliphatic heterocycles. The predicted molar refractivity (Wildman–Crippen MR) is 54.5 cm³/mol. The van der Waals surface area contributed by atoms with Crippen molar-refractivity contribution < 1.29 is 68.5 Å². The second-order valence-corrected chi connectivity index (χ2v) is 3.30. The van der Waals surface area contributed by atoms with Crippen LogP contribution in [0.25, 0.3) is 0 Å². The van der Waals surface area contributed by atoms with Gasteiger partial charge in [-0.3, -0.25) is 6.08 Å². The van der Waals surface area contributed by atoms with Crippen molar-refractivity contribution in [2.45, 2.75) is 32.8 Å². The van der Waals surface area contributed by atoms with Crippen LogP contribution in [-0.4, -0.2) is 12.1 Å². The van der Waals surface area contributed by atoms with Crippen molar-refractivity contribution in [3.63, 3.8) is 0 Å². The second kappa shape index (κ2) is 21.8. The Morgan fingerprint density at radius 3 is 1.76 bits per heavy atom. The molecule has 2 nitrogen and oxygen atoms in total. The zero-order valence-corrected chi connectivity index (χ0v) is 14.2. The second-order valence-electron chi connectivity index (χ2n) is 3.30. The first kappa shape index (κ1) is 36.0. The van der Waals surface area contributed by atoms with Gasteiger partial charge in [-0.05, 0) is 20.8 Å². The number of hydrogen-bond acceptors (Lipinski definition) is 2. The molecule has 0 spiro atoms. The van der Waals surface area contributed by atoms with E-state index in [0.717, 1.165) is 6.42 Å². The van der Waals surface area contributed by atoms with Gasteiger partial charge in [0.05, 0.1) is 5.60 Å². The fraction of sp³-hybridized carbons (Fsp3) is 0.455. The van der Waals surface area contributed by atoms with E-state index in [9.17, 15) is 4.79 Å². The monoisotopic (exact) mass is 334 g/mol. The van der Waals surface area contributed by atoms with Gasteiger partial charge in [-0.25, -0.2) is 12.2 Å². The van der Waals surface area contributed by atoms with Crippen LogP contribution >= 0.6 is 0 Å². The minimum absolute atomic E-state index is 0. The van der Waals surface area contributed by atoms with Gasteiger partial charge in [0.2, 0.25) is 0 Å². The van der Waals surface area contributed by atoms with E-state index in [0.29, 0.717) is 0 Å². The Morgan fingerprint density at radius 1 is 1.24 bits per heavy atom. The summed E-state index contributed by atoms with van der Waals surface area (Å²) < 4.78 is 4.42. The van der Waals surface area contributed by atoms with E-state index >= 15 is 0 Å². The molecule has 0 amide bonds. The first-order valence-electron chi connectivity index (χ1n) is 3.83. The topological polar surface area (TPSA) is 26.3 Å². The largest absolute Gasteiger partial charge is 3.00 e. The van der Waals surface area contributed by atoms with E-state index in [4.69, 9.17) is 0 Å². The maximum Gasteiger partial charge on any atom is 3.00 e. The van der Waals surface area contributed by atoms with E-state index in [1.165, 1.54) is 6.47 Å². The van der Waals surface area contributed by atoms with Gasteiger partial charge in [0.25, 0.3) is 0 Å². The van der Waals surface area contributed by atoms with Crippen molar-refractivity contribution in [3.05, 3.63) is 31.7 Å². The summed E-state index contributed by atoms with van der Waals surface area (Å²) in [5.41, 5.74) is -0.373. The van der Waals surface area contributed by atoms with Crippen LogP contribution in [0.3, 0.4) is 0 Å². The van der Waals surface area contributed by atoms with Gasteiger partial charge in [0, 0.05) is 0 Å². The van der Waals surface area contributed by atoms with Crippen molar-refractivity contribution in [2.24, 2.45) is 0 Å². The summed E-state index contributed by atoms with van der Waals surface area (Å²) in [6.45, 7) is 6.73. The molecular formula is C11H17Cl3O2Ti-3. The van der Waals surface area contributed by atoms with Gasteiger partial charge < -0.3 is 54.2 Å². The Labute approximate surface area is 139 Å². The minimum Gasteiger partial charge on any atom is -1.00 e. The molecule has 17 heavy (non-hydrogen) atoms. The van der Waals surface area contributed by atoms with Crippen LogP contribution in [0.4, 0.5) is 0 Å². The minimum atomic E-state index is -0.373. The van der Waals surface area contributed by atoms with Crippen molar-refractivity contribution >= 4 is 6.47 Å².